The lowest BCUT2D eigenvalue weighted by Gasteiger charge is -2.30. The smallest absolute Gasteiger partial charge is 0.409 e. The van der Waals surface area contributed by atoms with Crippen LogP contribution in [0.1, 0.15) is 12.8 Å². The normalized spacial score (nSPS) is 18.4. The summed E-state index contributed by atoms with van der Waals surface area (Å²) in [6.07, 6.45) is 0.817. The first-order valence-corrected chi connectivity index (χ1v) is 8.38. The van der Waals surface area contributed by atoms with E-state index in [2.05, 4.69) is 0 Å². The number of nitrogens with zero attached hydrogens (tertiary/aromatic N) is 1. The van der Waals surface area contributed by atoms with E-state index >= 15 is 0 Å². The fraction of sp³-hybridized carbons (Fsp3) is 0.889. The maximum Gasteiger partial charge on any atom is 0.409 e. The Kier molecular flexibility index (Phi) is 6.00. The van der Waals surface area contributed by atoms with Crippen LogP contribution >= 0.6 is 34.8 Å². The highest BCUT2D eigenvalue weighted by molar-refractivity contribution is 7.86. The second-order valence-corrected chi connectivity index (χ2v) is 8.27. The van der Waals surface area contributed by atoms with Crippen molar-refractivity contribution in [3.8, 4) is 0 Å². The molecule has 0 unspecified atom stereocenters. The molecule has 6 nitrogen and oxygen atoms in total. The van der Waals surface area contributed by atoms with Gasteiger partial charge in [0, 0.05) is 13.1 Å². The van der Waals surface area contributed by atoms with Crippen molar-refractivity contribution in [3.05, 3.63) is 0 Å². The van der Waals surface area contributed by atoms with Crippen molar-refractivity contribution in [1.82, 2.24) is 4.90 Å². The molecule has 1 aliphatic rings. The number of carbonyl (C=O) groups excluding carboxylic acids is 1. The van der Waals surface area contributed by atoms with E-state index in [-0.39, 0.29) is 6.61 Å². The molecule has 0 aliphatic carbocycles. The molecule has 0 radical (unpaired) electrons. The third kappa shape index (κ3) is 7.41. The summed E-state index contributed by atoms with van der Waals surface area (Å²) in [5.41, 5.74) is 0. The Balaban J connectivity index is 2.35. The SMILES string of the molecule is CS(=O)(=O)OC1CCN(C(=O)OCC(Cl)(Cl)Cl)CC1. The van der Waals surface area contributed by atoms with Crippen LogP contribution in [0, 0.1) is 0 Å². The fourth-order valence-corrected chi connectivity index (χ4v) is 2.47. The molecule has 19 heavy (non-hydrogen) atoms. The van der Waals surface area contributed by atoms with Gasteiger partial charge in [-0.15, -0.1) is 0 Å². The molecule has 0 saturated carbocycles. The summed E-state index contributed by atoms with van der Waals surface area (Å²) in [7, 11) is -3.48. The zero-order valence-electron chi connectivity index (χ0n) is 10.1. The van der Waals surface area contributed by atoms with Crippen LogP contribution in [0.3, 0.4) is 0 Å². The van der Waals surface area contributed by atoms with E-state index in [1.807, 2.05) is 0 Å². The van der Waals surface area contributed by atoms with Gasteiger partial charge in [0.1, 0.15) is 6.61 Å². The maximum absolute atomic E-state index is 11.6. The van der Waals surface area contributed by atoms with E-state index < -0.39 is 26.1 Å². The summed E-state index contributed by atoms with van der Waals surface area (Å²) >= 11 is 16.4. The van der Waals surface area contributed by atoms with Crippen LogP contribution in [0.15, 0.2) is 0 Å². The molecule has 10 heteroatoms. The standard InChI is InChI=1S/C9H14Cl3NO5S/c1-19(15,16)18-7-2-4-13(5-3-7)8(14)17-6-9(10,11)12/h7H,2-6H2,1H3. The van der Waals surface area contributed by atoms with Crippen molar-refractivity contribution >= 4 is 51.0 Å². The van der Waals surface area contributed by atoms with Gasteiger partial charge in [0.2, 0.25) is 3.79 Å². The van der Waals surface area contributed by atoms with Crippen molar-refractivity contribution in [2.45, 2.75) is 22.7 Å². The van der Waals surface area contributed by atoms with E-state index in [0.717, 1.165) is 6.26 Å². The van der Waals surface area contributed by atoms with Crippen LogP contribution < -0.4 is 0 Å². The Hall–Kier alpha value is 0.0500. The van der Waals surface area contributed by atoms with Gasteiger partial charge in [0.05, 0.1) is 12.4 Å². The minimum atomic E-state index is -3.48. The summed E-state index contributed by atoms with van der Waals surface area (Å²) < 4.78 is 29.9. The van der Waals surface area contributed by atoms with Gasteiger partial charge in [0.15, 0.2) is 0 Å². The van der Waals surface area contributed by atoms with Gasteiger partial charge in [-0.1, -0.05) is 34.8 Å². The molecule has 1 heterocycles. The van der Waals surface area contributed by atoms with E-state index in [1.165, 1.54) is 4.90 Å². The molecule has 0 aromatic carbocycles. The molecule has 0 spiro atoms. The minimum absolute atomic E-state index is 0.332. The molecular formula is C9H14Cl3NO5S. The molecule has 1 amide bonds. The summed E-state index contributed by atoms with van der Waals surface area (Å²) in [4.78, 5) is 13.0. The number of carbonyl (C=O) groups is 1. The summed E-state index contributed by atoms with van der Waals surface area (Å²) in [5.74, 6) is 0. The number of rotatable bonds is 3. The predicted octanol–water partition coefficient (Wildman–Crippen LogP) is 1.93. The average Bonchev–Trinajstić information content (AvgIpc) is 2.23. The largest absolute Gasteiger partial charge is 0.445 e. The maximum atomic E-state index is 11.6. The van der Waals surface area contributed by atoms with Crippen LogP contribution in [0.2, 0.25) is 0 Å². The van der Waals surface area contributed by atoms with Crippen LogP contribution in [-0.2, 0) is 19.0 Å². The van der Waals surface area contributed by atoms with Crippen LogP contribution in [0.25, 0.3) is 0 Å². The quantitative estimate of drug-likeness (QED) is 0.572. The molecule has 0 aromatic rings. The Morgan fingerprint density at radius 3 is 2.26 bits per heavy atom. The topological polar surface area (TPSA) is 72.9 Å². The van der Waals surface area contributed by atoms with E-state index in [0.29, 0.717) is 25.9 Å². The van der Waals surface area contributed by atoms with Gasteiger partial charge in [-0.3, -0.25) is 4.18 Å². The highest BCUT2D eigenvalue weighted by Gasteiger charge is 2.28. The molecule has 1 fully saturated rings. The third-order valence-corrected chi connectivity index (χ3v) is 3.32. The highest BCUT2D eigenvalue weighted by Crippen LogP contribution is 2.26. The minimum Gasteiger partial charge on any atom is -0.445 e. The number of hydrogen-bond acceptors (Lipinski definition) is 5. The lowest BCUT2D eigenvalue weighted by Crippen LogP contribution is -2.42. The number of piperidine rings is 1. The zero-order valence-corrected chi connectivity index (χ0v) is 13.2. The molecule has 1 aliphatic heterocycles. The van der Waals surface area contributed by atoms with Crippen molar-refractivity contribution in [1.29, 1.82) is 0 Å². The molecule has 1 saturated heterocycles. The number of halogens is 3. The fourth-order valence-electron chi connectivity index (χ4n) is 1.62. The Labute approximate surface area is 127 Å². The first kappa shape index (κ1) is 17.1. The molecule has 1 rings (SSSR count). The van der Waals surface area contributed by atoms with Gasteiger partial charge in [0.25, 0.3) is 10.1 Å². The molecule has 0 aromatic heterocycles. The molecular weight excluding hydrogens is 341 g/mol. The number of hydrogen-bond donors (Lipinski definition) is 0. The van der Waals surface area contributed by atoms with Crippen LogP contribution in [-0.4, -0.2) is 55.3 Å². The molecule has 0 bridgehead atoms. The number of alkyl halides is 3. The van der Waals surface area contributed by atoms with Crippen LogP contribution in [0.5, 0.6) is 0 Å². The van der Waals surface area contributed by atoms with Gasteiger partial charge < -0.3 is 9.64 Å². The van der Waals surface area contributed by atoms with Gasteiger partial charge in [-0.05, 0) is 12.8 Å². The second kappa shape index (κ2) is 6.67. The summed E-state index contributed by atoms with van der Waals surface area (Å²) in [5, 5.41) is 0. The first-order valence-electron chi connectivity index (χ1n) is 5.43. The molecule has 112 valence electrons. The Bertz CT molecular complexity index is 414. The van der Waals surface area contributed by atoms with E-state index in [1.54, 1.807) is 0 Å². The third-order valence-electron chi connectivity index (χ3n) is 2.37. The zero-order chi connectivity index (χ0) is 14.7. The van der Waals surface area contributed by atoms with Crippen molar-refractivity contribution in [3.63, 3.8) is 0 Å². The van der Waals surface area contributed by atoms with Crippen molar-refractivity contribution in [2.75, 3.05) is 26.0 Å². The lowest BCUT2D eigenvalue weighted by molar-refractivity contribution is 0.0711. The molecule has 0 N–H and O–H groups in total. The number of ether oxygens (including phenoxy) is 1. The average molecular weight is 355 g/mol. The van der Waals surface area contributed by atoms with Crippen LogP contribution in [0.4, 0.5) is 4.79 Å². The summed E-state index contributed by atoms with van der Waals surface area (Å²) in [6, 6.07) is 0. The predicted molar refractivity (Wildman–Crippen MR) is 72.2 cm³/mol. The lowest BCUT2D eigenvalue weighted by atomic mass is 10.1. The van der Waals surface area contributed by atoms with E-state index in [4.69, 9.17) is 43.7 Å². The van der Waals surface area contributed by atoms with Crippen molar-refractivity contribution < 1.29 is 22.1 Å². The Morgan fingerprint density at radius 2 is 1.84 bits per heavy atom. The van der Waals surface area contributed by atoms with Crippen molar-refractivity contribution in [2.24, 2.45) is 0 Å². The van der Waals surface area contributed by atoms with E-state index in [9.17, 15) is 13.2 Å². The molecule has 0 atom stereocenters. The highest BCUT2D eigenvalue weighted by atomic mass is 35.6. The monoisotopic (exact) mass is 353 g/mol. The Morgan fingerprint density at radius 1 is 1.32 bits per heavy atom. The second-order valence-electron chi connectivity index (χ2n) is 4.16. The summed E-state index contributed by atoms with van der Waals surface area (Å²) in [6.45, 7) is 0.327. The first-order chi connectivity index (χ1) is 8.57. The number of likely N-dealkylation sites (tertiary alicyclic amines) is 1. The number of amides is 1. The van der Waals surface area contributed by atoms with Gasteiger partial charge in [-0.2, -0.15) is 8.42 Å². The van der Waals surface area contributed by atoms with Gasteiger partial charge in [-0.25, -0.2) is 4.79 Å². The van der Waals surface area contributed by atoms with Gasteiger partial charge >= 0.3 is 6.09 Å².